The minimum absolute atomic E-state index is 0.104. The fourth-order valence-electron chi connectivity index (χ4n) is 5.47. The smallest absolute Gasteiger partial charge is 0.123 e. The average molecular weight is 414 g/mol. The van der Waals surface area contributed by atoms with Crippen LogP contribution in [0.5, 0.6) is 5.75 Å². The molecular formula is C27H31N3O. The number of nitrogens with zero attached hydrogens (tertiary/aromatic N) is 2. The van der Waals surface area contributed by atoms with Crippen LogP contribution >= 0.6 is 0 Å². The lowest BCUT2D eigenvalue weighted by atomic mass is 9.69. The number of piperidine rings is 3. The summed E-state index contributed by atoms with van der Waals surface area (Å²) in [5, 5.41) is 4.02. The third-order valence-corrected chi connectivity index (χ3v) is 7.17. The van der Waals surface area contributed by atoms with Gasteiger partial charge >= 0.3 is 0 Å². The predicted octanol–water partition coefficient (Wildman–Crippen LogP) is 4.55. The van der Waals surface area contributed by atoms with Gasteiger partial charge in [-0.1, -0.05) is 48.5 Å². The molecule has 3 aromatic rings. The lowest BCUT2D eigenvalue weighted by Gasteiger charge is -2.54. The SMILES string of the molecule is COc1ccccc1CNC1(Cc2ccc(-c3cccnc3)cc2)CN2CCC1CC2. The molecule has 2 aromatic carbocycles. The molecule has 1 unspecified atom stereocenters. The summed E-state index contributed by atoms with van der Waals surface area (Å²) in [6.07, 6.45) is 7.37. The number of nitrogens with one attached hydrogen (secondary N) is 1. The topological polar surface area (TPSA) is 37.4 Å². The molecule has 1 aromatic heterocycles. The number of rotatable bonds is 7. The lowest BCUT2D eigenvalue weighted by Crippen LogP contribution is -2.66. The van der Waals surface area contributed by atoms with Gasteiger partial charge < -0.3 is 15.0 Å². The van der Waals surface area contributed by atoms with Crippen molar-refractivity contribution < 1.29 is 4.74 Å². The van der Waals surface area contributed by atoms with Crippen LogP contribution in [0.4, 0.5) is 0 Å². The van der Waals surface area contributed by atoms with E-state index in [-0.39, 0.29) is 5.54 Å². The average Bonchev–Trinajstić information content (AvgIpc) is 2.85. The molecule has 160 valence electrons. The number of pyridine rings is 1. The molecule has 3 fully saturated rings. The van der Waals surface area contributed by atoms with E-state index >= 15 is 0 Å². The third-order valence-electron chi connectivity index (χ3n) is 7.17. The molecule has 1 atom stereocenters. The van der Waals surface area contributed by atoms with Crippen LogP contribution in [0.15, 0.2) is 73.1 Å². The molecular weight excluding hydrogens is 382 g/mol. The van der Waals surface area contributed by atoms with Crippen LogP contribution in [0, 0.1) is 5.92 Å². The van der Waals surface area contributed by atoms with Crippen LogP contribution in [-0.4, -0.2) is 42.2 Å². The minimum Gasteiger partial charge on any atom is -0.496 e. The van der Waals surface area contributed by atoms with Crippen molar-refractivity contribution in [2.75, 3.05) is 26.7 Å². The minimum atomic E-state index is 0.104. The van der Waals surface area contributed by atoms with Gasteiger partial charge in [-0.3, -0.25) is 4.98 Å². The van der Waals surface area contributed by atoms with Gasteiger partial charge in [0.25, 0.3) is 0 Å². The van der Waals surface area contributed by atoms with E-state index in [2.05, 4.69) is 63.7 Å². The molecule has 0 saturated carbocycles. The second-order valence-corrected chi connectivity index (χ2v) is 8.99. The van der Waals surface area contributed by atoms with Crippen LogP contribution in [0.3, 0.4) is 0 Å². The molecule has 0 radical (unpaired) electrons. The quantitative estimate of drug-likeness (QED) is 0.616. The molecule has 3 aliphatic rings. The number of para-hydroxylation sites is 1. The van der Waals surface area contributed by atoms with Crippen LogP contribution in [0.2, 0.25) is 0 Å². The number of hydrogen-bond donors (Lipinski definition) is 1. The van der Waals surface area contributed by atoms with Gasteiger partial charge in [0.2, 0.25) is 0 Å². The Morgan fingerprint density at radius 3 is 2.48 bits per heavy atom. The third kappa shape index (κ3) is 4.23. The van der Waals surface area contributed by atoms with E-state index in [1.807, 2.05) is 24.5 Å². The number of fused-ring (bicyclic) bond motifs is 3. The van der Waals surface area contributed by atoms with Crippen LogP contribution in [-0.2, 0) is 13.0 Å². The van der Waals surface area contributed by atoms with Crippen molar-refractivity contribution in [3.8, 4) is 16.9 Å². The molecule has 3 aliphatic heterocycles. The monoisotopic (exact) mass is 413 g/mol. The van der Waals surface area contributed by atoms with Crippen molar-refractivity contribution >= 4 is 0 Å². The van der Waals surface area contributed by atoms with E-state index in [0.717, 1.165) is 25.3 Å². The Labute approximate surface area is 185 Å². The highest BCUT2D eigenvalue weighted by Gasteiger charge is 2.46. The number of ether oxygens (including phenoxy) is 1. The van der Waals surface area contributed by atoms with E-state index in [1.54, 1.807) is 7.11 Å². The molecule has 6 rings (SSSR count). The predicted molar refractivity (Wildman–Crippen MR) is 125 cm³/mol. The molecule has 0 amide bonds. The normalized spacial score (nSPS) is 24.8. The lowest BCUT2D eigenvalue weighted by molar-refractivity contribution is 0.00484. The van der Waals surface area contributed by atoms with Gasteiger partial charge in [-0.25, -0.2) is 0 Å². The van der Waals surface area contributed by atoms with Gasteiger partial charge in [-0.05, 0) is 67.1 Å². The fourth-order valence-corrected chi connectivity index (χ4v) is 5.47. The van der Waals surface area contributed by atoms with Gasteiger partial charge in [0.15, 0.2) is 0 Å². The molecule has 2 bridgehead atoms. The maximum atomic E-state index is 5.60. The molecule has 31 heavy (non-hydrogen) atoms. The van der Waals surface area contributed by atoms with E-state index in [0.29, 0.717) is 5.92 Å². The summed E-state index contributed by atoms with van der Waals surface area (Å²) in [7, 11) is 1.76. The zero-order chi connectivity index (χ0) is 21.1. The highest BCUT2D eigenvalue weighted by Crippen LogP contribution is 2.38. The Kier molecular flexibility index (Phi) is 5.75. The van der Waals surface area contributed by atoms with Crippen molar-refractivity contribution in [2.24, 2.45) is 5.92 Å². The molecule has 0 spiro atoms. The Hall–Kier alpha value is -2.69. The second-order valence-electron chi connectivity index (χ2n) is 8.99. The zero-order valence-corrected chi connectivity index (χ0v) is 18.3. The summed E-state index contributed by atoms with van der Waals surface area (Å²) < 4.78 is 5.60. The maximum absolute atomic E-state index is 5.60. The van der Waals surface area contributed by atoms with Crippen molar-refractivity contribution in [1.82, 2.24) is 15.2 Å². The van der Waals surface area contributed by atoms with Gasteiger partial charge in [-0.2, -0.15) is 0 Å². The summed E-state index contributed by atoms with van der Waals surface area (Å²) in [6.45, 7) is 4.44. The Balaban J connectivity index is 1.38. The molecule has 0 aliphatic carbocycles. The van der Waals surface area contributed by atoms with E-state index in [9.17, 15) is 0 Å². The molecule has 3 saturated heterocycles. The summed E-state index contributed by atoms with van der Waals surface area (Å²) in [4.78, 5) is 6.89. The summed E-state index contributed by atoms with van der Waals surface area (Å²) in [6, 6.07) is 21.5. The van der Waals surface area contributed by atoms with Crippen molar-refractivity contribution in [3.05, 3.63) is 84.2 Å². The zero-order valence-electron chi connectivity index (χ0n) is 18.3. The standard InChI is InChI=1S/C27H31N3O/c1-31-26-7-3-2-5-24(26)19-29-27(20-30-15-12-25(27)13-16-30)17-21-8-10-22(11-9-21)23-6-4-14-28-18-23/h2-11,14,18,25,29H,12-13,15-17,19-20H2,1H3. The van der Waals surface area contributed by atoms with E-state index in [1.165, 1.54) is 48.2 Å². The Bertz CT molecular complexity index is 997. The molecule has 1 N–H and O–H groups in total. The van der Waals surface area contributed by atoms with Gasteiger partial charge in [-0.15, -0.1) is 0 Å². The Morgan fingerprint density at radius 2 is 1.81 bits per heavy atom. The van der Waals surface area contributed by atoms with E-state index in [4.69, 9.17) is 4.74 Å². The van der Waals surface area contributed by atoms with Crippen LogP contribution in [0.25, 0.3) is 11.1 Å². The first-order valence-corrected chi connectivity index (χ1v) is 11.3. The van der Waals surface area contributed by atoms with Crippen LogP contribution < -0.4 is 10.1 Å². The summed E-state index contributed by atoms with van der Waals surface area (Å²) in [5.74, 6) is 1.68. The number of benzene rings is 2. The van der Waals surface area contributed by atoms with E-state index < -0.39 is 0 Å². The van der Waals surface area contributed by atoms with Gasteiger partial charge in [0.05, 0.1) is 7.11 Å². The summed E-state index contributed by atoms with van der Waals surface area (Å²) in [5.41, 5.74) is 5.12. The first-order valence-electron chi connectivity index (χ1n) is 11.3. The maximum Gasteiger partial charge on any atom is 0.123 e. The van der Waals surface area contributed by atoms with Gasteiger partial charge in [0.1, 0.15) is 5.75 Å². The Morgan fingerprint density at radius 1 is 1.00 bits per heavy atom. The fraction of sp³-hybridized carbons (Fsp3) is 0.370. The van der Waals surface area contributed by atoms with Crippen LogP contribution in [0.1, 0.15) is 24.0 Å². The molecule has 4 nitrogen and oxygen atoms in total. The number of aromatic nitrogens is 1. The first kappa shape index (κ1) is 20.2. The number of methoxy groups -OCH3 is 1. The first-order chi connectivity index (χ1) is 15.3. The second kappa shape index (κ2) is 8.81. The highest BCUT2D eigenvalue weighted by molar-refractivity contribution is 5.62. The van der Waals surface area contributed by atoms with Crippen molar-refractivity contribution in [2.45, 2.75) is 31.3 Å². The summed E-state index contributed by atoms with van der Waals surface area (Å²) >= 11 is 0. The largest absolute Gasteiger partial charge is 0.496 e. The molecule has 4 heterocycles. The van der Waals surface area contributed by atoms with Crippen molar-refractivity contribution in [1.29, 1.82) is 0 Å². The number of hydrogen-bond acceptors (Lipinski definition) is 4. The highest BCUT2D eigenvalue weighted by atomic mass is 16.5. The van der Waals surface area contributed by atoms with Crippen molar-refractivity contribution in [3.63, 3.8) is 0 Å². The molecule has 4 heteroatoms. The van der Waals surface area contributed by atoms with Gasteiger partial charge in [0, 0.05) is 36.6 Å².